The van der Waals surface area contributed by atoms with Gasteiger partial charge in [-0.25, -0.2) is 4.79 Å². The zero-order chi connectivity index (χ0) is 21.6. The predicted octanol–water partition coefficient (Wildman–Crippen LogP) is 6.13. The molecule has 5 heteroatoms. The molecule has 1 aliphatic rings. The van der Waals surface area contributed by atoms with Gasteiger partial charge < -0.3 is 9.84 Å². The van der Waals surface area contributed by atoms with E-state index in [-0.39, 0.29) is 18.5 Å². The third-order valence-corrected chi connectivity index (χ3v) is 6.35. The molecule has 0 amide bonds. The molecule has 3 aromatic rings. The first-order valence-corrected chi connectivity index (χ1v) is 11.2. The van der Waals surface area contributed by atoms with Crippen LogP contribution in [0.25, 0.3) is 10.8 Å². The zero-order valence-electron chi connectivity index (χ0n) is 18.6. The predicted molar refractivity (Wildman–Crippen MR) is 132 cm³/mol. The standard InChI is InChI=1S/C27H31NO3.ClH/c1-20(25-11-5-8-22-7-2-3-10-26(22)25)6-4-9-24-19-28(16-17-31-24)18-21-12-14-23(15-13-21)27(29)30;/h2-3,5,7-8,10-15,20,24H,4,6,9,16-19H2,1H3,(H,29,30);1H/t20-,24?;/m0./s1. The minimum Gasteiger partial charge on any atom is -0.478 e. The summed E-state index contributed by atoms with van der Waals surface area (Å²) in [5, 5.41) is 11.7. The van der Waals surface area contributed by atoms with Crippen molar-refractivity contribution in [2.45, 2.75) is 44.8 Å². The molecular formula is C27H32ClNO3. The summed E-state index contributed by atoms with van der Waals surface area (Å²) in [4.78, 5) is 13.4. The van der Waals surface area contributed by atoms with E-state index in [1.165, 1.54) is 16.3 Å². The second-order valence-electron chi connectivity index (χ2n) is 8.63. The van der Waals surface area contributed by atoms with E-state index in [9.17, 15) is 4.79 Å². The molecule has 0 spiro atoms. The molecule has 1 unspecified atom stereocenters. The number of ether oxygens (including phenoxy) is 1. The average Bonchev–Trinajstić information content (AvgIpc) is 2.79. The molecule has 0 bridgehead atoms. The lowest BCUT2D eigenvalue weighted by atomic mass is 9.90. The van der Waals surface area contributed by atoms with Crippen molar-refractivity contribution in [1.82, 2.24) is 4.90 Å². The molecular weight excluding hydrogens is 422 g/mol. The van der Waals surface area contributed by atoms with Gasteiger partial charge in [0.1, 0.15) is 0 Å². The van der Waals surface area contributed by atoms with Crippen LogP contribution in [0, 0.1) is 0 Å². The lowest BCUT2D eigenvalue weighted by Gasteiger charge is -2.33. The highest BCUT2D eigenvalue weighted by molar-refractivity contribution is 5.87. The Kier molecular flexibility index (Phi) is 8.68. The largest absolute Gasteiger partial charge is 0.478 e. The van der Waals surface area contributed by atoms with Gasteiger partial charge in [0, 0.05) is 19.6 Å². The molecule has 4 rings (SSSR count). The molecule has 1 N–H and O–H groups in total. The van der Waals surface area contributed by atoms with Crippen molar-refractivity contribution < 1.29 is 14.6 Å². The molecule has 0 saturated carbocycles. The summed E-state index contributed by atoms with van der Waals surface area (Å²) < 4.78 is 6.03. The molecule has 4 nitrogen and oxygen atoms in total. The molecule has 3 aromatic carbocycles. The van der Waals surface area contributed by atoms with Gasteiger partial charge >= 0.3 is 5.97 Å². The maximum Gasteiger partial charge on any atom is 0.335 e. The van der Waals surface area contributed by atoms with Crippen molar-refractivity contribution in [2.75, 3.05) is 19.7 Å². The van der Waals surface area contributed by atoms with E-state index in [1.54, 1.807) is 12.1 Å². The number of aromatic carboxylic acids is 1. The summed E-state index contributed by atoms with van der Waals surface area (Å²) in [5.41, 5.74) is 2.92. The summed E-state index contributed by atoms with van der Waals surface area (Å²) in [5.74, 6) is -0.353. The van der Waals surface area contributed by atoms with Gasteiger partial charge in [-0.1, -0.05) is 67.9 Å². The highest BCUT2D eigenvalue weighted by Crippen LogP contribution is 2.29. The smallest absolute Gasteiger partial charge is 0.335 e. The molecule has 0 aromatic heterocycles. The Bertz CT molecular complexity index is 1020. The van der Waals surface area contributed by atoms with Crippen molar-refractivity contribution >= 4 is 29.1 Å². The van der Waals surface area contributed by atoms with E-state index in [1.807, 2.05) is 12.1 Å². The summed E-state index contributed by atoms with van der Waals surface area (Å²) in [6.07, 6.45) is 3.65. The highest BCUT2D eigenvalue weighted by atomic mass is 35.5. The van der Waals surface area contributed by atoms with Gasteiger partial charge in [-0.05, 0) is 52.8 Å². The van der Waals surface area contributed by atoms with Gasteiger partial charge in [-0.3, -0.25) is 4.90 Å². The number of benzene rings is 3. The Morgan fingerprint density at radius 2 is 1.84 bits per heavy atom. The van der Waals surface area contributed by atoms with Gasteiger partial charge in [-0.2, -0.15) is 0 Å². The number of carboxylic acids is 1. The lowest BCUT2D eigenvalue weighted by Crippen LogP contribution is -2.41. The summed E-state index contributed by atoms with van der Waals surface area (Å²) >= 11 is 0. The number of rotatable bonds is 8. The van der Waals surface area contributed by atoms with E-state index in [4.69, 9.17) is 9.84 Å². The Hall–Kier alpha value is -2.40. The first-order valence-electron chi connectivity index (χ1n) is 11.2. The Labute approximate surface area is 196 Å². The van der Waals surface area contributed by atoms with Crippen LogP contribution in [0.1, 0.15) is 53.6 Å². The van der Waals surface area contributed by atoms with E-state index in [0.29, 0.717) is 11.5 Å². The van der Waals surface area contributed by atoms with E-state index < -0.39 is 5.97 Å². The molecule has 1 saturated heterocycles. The van der Waals surface area contributed by atoms with E-state index in [2.05, 4.69) is 54.3 Å². The van der Waals surface area contributed by atoms with E-state index >= 15 is 0 Å². The van der Waals surface area contributed by atoms with Crippen molar-refractivity contribution in [2.24, 2.45) is 0 Å². The minimum absolute atomic E-state index is 0. The van der Waals surface area contributed by atoms with Gasteiger partial charge in [0.05, 0.1) is 18.3 Å². The quantitative estimate of drug-likeness (QED) is 0.445. The maximum atomic E-state index is 11.0. The van der Waals surface area contributed by atoms with Crippen LogP contribution < -0.4 is 0 Å². The molecule has 1 aliphatic heterocycles. The summed E-state index contributed by atoms with van der Waals surface area (Å²) in [6.45, 7) is 5.78. The second-order valence-corrected chi connectivity index (χ2v) is 8.63. The number of morpholine rings is 1. The summed E-state index contributed by atoms with van der Waals surface area (Å²) in [6, 6.07) is 22.5. The number of carboxylic acid groups (broad SMARTS) is 1. The molecule has 0 radical (unpaired) electrons. The maximum absolute atomic E-state index is 11.0. The molecule has 1 fully saturated rings. The number of nitrogens with zero attached hydrogens (tertiary/aromatic N) is 1. The van der Waals surface area contributed by atoms with Gasteiger partial charge in [-0.15, -0.1) is 12.4 Å². The molecule has 0 aliphatic carbocycles. The number of fused-ring (bicyclic) bond motifs is 1. The Morgan fingerprint density at radius 3 is 2.62 bits per heavy atom. The number of halogens is 1. The molecule has 1 heterocycles. The van der Waals surface area contributed by atoms with Crippen LogP contribution in [0.2, 0.25) is 0 Å². The highest BCUT2D eigenvalue weighted by Gasteiger charge is 2.21. The average molecular weight is 454 g/mol. The lowest BCUT2D eigenvalue weighted by molar-refractivity contribution is -0.0358. The Morgan fingerprint density at radius 1 is 1.09 bits per heavy atom. The van der Waals surface area contributed by atoms with Crippen LogP contribution in [0.5, 0.6) is 0 Å². The van der Waals surface area contributed by atoms with Crippen molar-refractivity contribution in [1.29, 1.82) is 0 Å². The van der Waals surface area contributed by atoms with Crippen molar-refractivity contribution in [3.8, 4) is 0 Å². The van der Waals surface area contributed by atoms with Crippen LogP contribution >= 0.6 is 12.4 Å². The molecule has 170 valence electrons. The van der Waals surface area contributed by atoms with Crippen molar-refractivity contribution in [3.05, 3.63) is 83.4 Å². The van der Waals surface area contributed by atoms with Crippen molar-refractivity contribution in [3.63, 3.8) is 0 Å². The van der Waals surface area contributed by atoms with Crippen LogP contribution in [-0.4, -0.2) is 41.8 Å². The fraction of sp³-hybridized carbons (Fsp3) is 0.370. The normalized spacial score (nSPS) is 17.6. The minimum atomic E-state index is -0.879. The Balaban J connectivity index is 0.00000289. The van der Waals surface area contributed by atoms with Crippen LogP contribution in [0.4, 0.5) is 0 Å². The van der Waals surface area contributed by atoms with Crippen LogP contribution in [-0.2, 0) is 11.3 Å². The van der Waals surface area contributed by atoms with Gasteiger partial charge in [0.2, 0.25) is 0 Å². The third-order valence-electron chi connectivity index (χ3n) is 6.35. The SMILES string of the molecule is C[C@@H](CCCC1CN(Cc2ccc(C(=O)O)cc2)CCO1)c1cccc2ccccc12.Cl. The van der Waals surface area contributed by atoms with E-state index in [0.717, 1.165) is 51.1 Å². The third kappa shape index (κ3) is 6.10. The fourth-order valence-electron chi connectivity index (χ4n) is 4.60. The monoisotopic (exact) mass is 453 g/mol. The number of carbonyl (C=O) groups is 1. The molecule has 32 heavy (non-hydrogen) atoms. The molecule has 2 atom stereocenters. The van der Waals surface area contributed by atoms with Crippen LogP contribution in [0.3, 0.4) is 0 Å². The first kappa shape index (κ1) is 24.2. The van der Waals surface area contributed by atoms with Crippen LogP contribution in [0.15, 0.2) is 66.7 Å². The second kappa shape index (κ2) is 11.5. The number of hydrogen-bond donors (Lipinski definition) is 1. The van der Waals surface area contributed by atoms with Gasteiger partial charge in [0.25, 0.3) is 0 Å². The zero-order valence-corrected chi connectivity index (χ0v) is 19.4. The number of hydrogen-bond acceptors (Lipinski definition) is 3. The first-order chi connectivity index (χ1) is 15.1. The van der Waals surface area contributed by atoms with Gasteiger partial charge in [0.15, 0.2) is 0 Å². The topological polar surface area (TPSA) is 49.8 Å². The fourth-order valence-corrected chi connectivity index (χ4v) is 4.60. The summed E-state index contributed by atoms with van der Waals surface area (Å²) in [7, 11) is 0.